The van der Waals surface area contributed by atoms with Gasteiger partial charge in [0.2, 0.25) is 0 Å². The summed E-state index contributed by atoms with van der Waals surface area (Å²) in [5.41, 5.74) is 0.259. The highest BCUT2D eigenvalue weighted by molar-refractivity contribution is 5.88. The Hall–Kier alpha value is -1.62. The summed E-state index contributed by atoms with van der Waals surface area (Å²) < 4.78 is 5.73. The summed E-state index contributed by atoms with van der Waals surface area (Å²) in [6.07, 6.45) is 5.23. The van der Waals surface area contributed by atoms with E-state index in [4.69, 9.17) is 9.84 Å². The van der Waals surface area contributed by atoms with E-state index < -0.39 is 5.97 Å². The molecule has 0 radical (unpaired) electrons. The summed E-state index contributed by atoms with van der Waals surface area (Å²) in [4.78, 5) is 15.1. The van der Waals surface area contributed by atoms with Gasteiger partial charge in [-0.15, -0.1) is 0 Å². The minimum atomic E-state index is -0.929. The van der Waals surface area contributed by atoms with E-state index in [1.165, 1.54) is 25.1 Å². The number of aromatic carboxylic acids is 1. The number of carboxylic acids is 1. The molecule has 2 aliphatic rings. The van der Waals surface area contributed by atoms with Crippen LogP contribution in [0.1, 0.15) is 29.6 Å². The van der Waals surface area contributed by atoms with Crippen molar-refractivity contribution in [2.75, 3.05) is 11.9 Å². The van der Waals surface area contributed by atoms with Crippen LogP contribution in [0.15, 0.2) is 18.3 Å². The third-order valence-electron chi connectivity index (χ3n) is 3.56. The molecule has 1 aromatic rings. The van der Waals surface area contributed by atoms with E-state index >= 15 is 0 Å². The van der Waals surface area contributed by atoms with E-state index in [2.05, 4.69) is 10.3 Å². The van der Waals surface area contributed by atoms with Crippen molar-refractivity contribution < 1.29 is 14.6 Å². The monoisotopic (exact) mass is 248 g/mol. The lowest BCUT2D eigenvalue weighted by atomic mass is 10.1. The van der Waals surface area contributed by atoms with E-state index in [0.29, 0.717) is 11.7 Å². The Bertz CT molecular complexity index is 459. The van der Waals surface area contributed by atoms with Crippen LogP contribution in [0, 0.1) is 5.92 Å². The number of ether oxygens (including phenoxy) is 1. The Morgan fingerprint density at radius 1 is 1.44 bits per heavy atom. The number of aromatic nitrogens is 1. The molecule has 0 amide bonds. The van der Waals surface area contributed by atoms with Crippen molar-refractivity contribution in [1.29, 1.82) is 0 Å². The molecule has 2 unspecified atom stereocenters. The average Bonchev–Trinajstić information content (AvgIpc) is 3.11. The van der Waals surface area contributed by atoms with E-state index in [-0.39, 0.29) is 17.7 Å². The third-order valence-corrected chi connectivity index (χ3v) is 3.56. The molecule has 96 valence electrons. The summed E-state index contributed by atoms with van der Waals surface area (Å²) in [6.45, 7) is 0.775. The van der Waals surface area contributed by atoms with Crippen molar-refractivity contribution in [2.45, 2.75) is 31.4 Å². The summed E-state index contributed by atoms with van der Waals surface area (Å²) >= 11 is 0. The molecule has 3 rings (SSSR count). The molecular weight excluding hydrogens is 232 g/mol. The SMILES string of the molecule is O=C(O)c1ccnc(NC2CCOC2C2CC2)c1. The van der Waals surface area contributed by atoms with Crippen LogP contribution in [0.5, 0.6) is 0 Å². The molecule has 0 aromatic carbocycles. The minimum absolute atomic E-state index is 0.258. The van der Waals surface area contributed by atoms with Gasteiger partial charge in [0.05, 0.1) is 17.7 Å². The van der Waals surface area contributed by atoms with Crippen LogP contribution in [-0.4, -0.2) is 34.8 Å². The highest BCUT2D eigenvalue weighted by Crippen LogP contribution is 2.39. The zero-order valence-corrected chi connectivity index (χ0v) is 10.0. The van der Waals surface area contributed by atoms with Crippen molar-refractivity contribution in [1.82, 2.24) is 4.98 Å². The van der Waals surface area contributed by atoms with Gasteiger partial charge in [0.1, 0.15) is 5.82 Å². The Balaban J connectivity index is 1.71. The van der Waals surface area contributed by atoms with Gasteiger partial charge in [0.15, 0.2) is 0 Å². The van der Waals surface area contributed by atoms with Gasteiger partial charge in [-0.05, 0) is 37.3 Å². The summed E-state index contributed by atoms with van der Waals surface area (Å²) in [5.74, 6) is 0.366. The van der Waals surface area contributed by atoms with Crippen LogP contribution in [0.4, 0.5) is 5.82 Å². The lowest BCUT2D eigenvalue weighted by Gasteiger charge is -2.20. The fourth-order valence-corrected chi connectivity index (χ4v) is 2.49. The van der Waals surface area contributed by atoms with Gasteiger partial charge in [0, 0.05) is 12.8 Å². The molecule has 18 heavy (non-hydrogen) atoms. The van der Waals surface area contributed by atoms with Crippen molar-refractivity contribution in [3.63, 3.8) is 0 Å². The van der Waals surface area contributed by atoms with Crippen LogP contribution in [-0.2, 0) is 4.74 Å². The molecule has 0 spiro atoms. The third kappa shape index (κ3) is 2.31. The number of carbonyl (C=O) groups is 1. The van der Waals surface area contributed by atoms with Crippen molar-refractivity contribution in [3.8, 4) is 0 Å². The largest absolute Gasteiger partial charge is 0.478 e. The first-order valence-electron chi connectivity index (χ1n) is 6.31. The van der Waals surface area contributed by atoms with E-state index in [0.717, 1.165) is 13.0 Å². The standard InChI is InChI=1S/C13H16N2O3/c16-13(17)9-3-5-14-11(7-9)15-10-4-6-18-12(10)8-1-2-8/h3,5,7-8,10,12H,1-2,4,6H2,(H,14,15)(H,16,17). The predicted octanol–water partition coefficient (Wildman–Crippen LogP) is 1.76. The zero-order valence-electron chi connectivity index (χ0n) is 10.0. The van der Waals surface area contributed by atoms with Crippen LogP contribution in [0.25, 0.3) is 0 Å². The molecule has 2 atom stereocenters. The van der Waals surface area contributed by atoms with Gasteiger partial charge in [0.25, 0.3) is 0 Å². The molecule has 1 saturated heterocycles. The van der Waals surface area contributed by atoms with Crippen LogP contribution < -0.4 is 5.32 Å². The van der Waals surface area contributed by atoms with E-state index in [9.17, 15) is 4.79 Å². The van der Waals surface area contributed by atoms with Crippen LogP contribution in [0.3, 0.4) is 0 Å². The average molecular weight is 248 g/mol. The normalized spacial score (nSPS) is 27.1. The highest BCUT2D eigenvalue weighted by Gasteiger charge is 2.40. The van der Waals surface area contributed by atoms with Crippen molar-refractivity contribution in [2.24, 2.45) is 5.92 Å². The number of hydrogen-bond acceptors (Lipinski definition) is 4. The van der Waals surface area contributed by atoms with Gasteiger partial charge in [-0.3, -0.25) is 0 Å². The number of anilines is 1. The lowest BCUT2D eigenvalue weighted by molar-refractivity contribution is 0.0697. The van der Waals surface area contributed by atoms with Crippen molar-refractivity contribution >= 4 is 11.8 Å². The second-order valence-electron chi connectivity index (χ2n) is 4.95. The Morgan fingerprint density at radius 3 is 3.00 bits per heavy atom. The summed E-state index contributed by atoms with van der Waals surface area (Å²) in [7, 11) is 0. The Morgan fingerprint density at radius 2 is 2.28 bits per heavy atom. The van der Waals surface area contributed by atoms with Gasteiger partial charge < -0.3 is 15.2 Å². The first-order valence-corrected chi connectivity index (χ1v) is 6.31. The molecule has 5 nitrogen and oxygen atoms in total. The number of pyridine rings is 1. The molecule has 1 aliphatic carbocycles. The molecular formula is C13H16N2O3. The quantitative estimate of drug-likeness (QED) is 0.849. The van der Waals surface area contributed by atoms with E-state index in [1.54, 1.807) is 6.07 Å². The number of hydrogen-bond donors (Lipinski definition) is 2. The predicted molar refractivity (Wildman–Crippen MR) is 65.7 cm³/mol. The molecule has 2 heterocycles. The highest BCUT2D eigenvalue weighted by atomic mass is 16.5. The maximum absolute atomic E-state index is 10.9. The molecule has 1 aromatic heterocycles. The maximum atomic E-state index is 10.9. The Labute approximate surface area is 105 Å². The van der Waals surface area contributed by atoms with E-state index in [1.807, 2.05) is 0 Å². The second kappa shape index (κ2) is 4.57. The second-order valence-corrected chi connectivity index (χ2v) is 4.95. The van der Waals surface area contributed by atoms with Gasteiger partial charge >= 0.3 is 5.97 Å². The molecule has 1 saturated carbocycles. The molecule has 0 bridgehead atoms. The molecule has 5 heteroatoms. The smallest absolute Gasteiger partial charge is 0.335 e. The van der Waals surface area contributed by atoms with Crippen LogP contribution in [0.2, 0.25) is 0 Å². The number of rotatable bonds is 4. The first kappa shape index (κ1) is 11.5. The van der Waals surface area contributed by atoms with Gasteiger partial charge in [-0.2, -0.15) is 0 Å². The fourth-order valence-electron chi connectivity index (χ4n) is 2.49. The molecule has 1 aliphatic heterocycles. The first-order chi connectivity index (χ1) is 8.74. The topological polar surface area (TPSA) is 71.5 Å². The van der Waals surface area contributed by atoms with Crippen LogP contribution >= 0.6 is 0 Å². The number of nitrogens with one attached hydrogen (secondary N) is 1. The number of nitrogens with zero attached hydrogens (tertiary/aromatic N) is 1. The summed E-state index contributed by atoms with van der Waals surface area (Å²) in [5, 5.41) is 12.2. The summed E-state index contributed by atoms with van der Waals surface area (Å²) in [6, 6.07) is 3.33. The molecule has 2 fully saturated rings. The fraction of sp³-hybridized carbons (Fsp3) is 0.538. The maximum Gasteiger partial charge on any atom is 0.335 e. The van der Waals surface area contributed by atoms with Gasteiger partial charge in [-0.25, -0.2) is 9.78 Å². The van der Waals surface area contributed by atoms with Crippen molar-refractivity contribution in [3.05, 3.63) is 23.9 Å². The minimum Gasteiger partial charge on any atom is -0.478 e. The zero-order chi connectivity index (χ0) is 12.5. The molecule has 2 N–H and O–H groups in total. The number of carboxylic acid groups (broad SMARTS) is 1. The lowest BCUT2D eigenvalue weighted by Crippen LogP contribution is -2.31. The Kier molecular flexibility index (Phi) is 2.91. The van der Waals surface area contributed by atoms with Gasteiger partial charge in [-0.1, -0.05) is 0 Å².